The van der Waals surface area contributed by atoms with E-state index >= 15 is 0 Å². The third kappa shape index (κ3) is 11.3. The van der Waals surface area contributed by atoms with Gasteiger partial charge in [-0.15, -0.1) is 0 Å². The number of rotatable bonds is 17. The van der Waals surface area contributed by atoms with Crippen molar-refractivity contribution in [1.82, 2.24) is 9.71 Å². The van der Waals surface area contributed by atoms with Crippen molar-refractivity contribution < 1.29 is 40.3 Å². The molecule has 1 aromatic carbocycles. The van der Waals surface area contributed by atoms with Gasteiger partial charge in [0, 0.05) is 23.9 Å². The van der Waals surface area contributed by atoms with E-state index in [1.807, 2.05) is 11.6 Å². The predicted octanol–water partition coefficient (Wildman–Crippen LogP) is 8.77. The highest BCUT2D eigenvalue weighted by Gasteiger charge is 2.44. The molecule has 14 heteroatoms. The summed E-state index contributed by atoms with van der Waals surface area (Å²) in [6, 6.07) is 5.35. The minimum absolute atomic E-state index is 0.0627. The van der Waals surface area contributed by atoms with Crippen LogP contribution in [0.15, 0.2) is 36.5 Å². The van der Waals surface area contributed by atoms with Crippen molar-refractivity contribution in [3.05, 3.63) is 52.7 Å². The van der Waals surface area contributed by atoms with Gasteiger partial charge in [-0.2, -0.15) is 13.2 Å². The van der Waals surface area contributed by atoms with E-state index < -0.39 is 36.0 Å². The van der Waals surface area contributed by atoms with Crippen LogP contribution in [-0.2, 0) is 25.4 Å². The Labute approximate surface area is 270 Å². The van der Waals surface area contributed by atoms with Gasteiger partial charge in [0.15, 0.2) is 8.32 Å². The minimum atomic E-state index is -4.65. The maximum atomic E-state index is 13.1. The summed E-state index contributed by atoms with van der Waals surface area (Å²) in [7, 11) is -5.92. The Bertz CT molecular complexity index is 1400. The number of benzene rings is 1. The smallest absolute Gasteiger partial charge is 0.417 e. The monoisotopic (exact) mass is 692 g/mol. The molecular formula is C31H44ClF3N2O6SSi. The van der Waals surface area contributed by atoms with Crippen molar-refractivity contribution in [2.75, 3.05) is 19.0 Å². The number of aromatic nitrogens is 1. The molecule has 0 atom stereocenters. The molecule has 8 nitrogen and oxygen atoms in total. The van der Waals surface area contributed by atoms with Crippen molar-refractivity contribution in [3.8, 4) is 17.4 Å². The van der Waals surface area contributed by atoms with Crippen LogP contribution in [0.2, 0.25) is 21.6 Å². The van der Waals surface area contributed by atoms with E-state index in [4.69, 9.17) is 25.5 Å². The zero-order valence-electron chi connectivity index (χ0n) is 26.8. The van der Waals surface area contributed by atoms with Crippen LogP contribution in [0.3, 0.4) is 0 Å². The topological polar surface area (TPSA) is 104 Å². The molecule has 0 bridgehead atoms. The Morgan fingerprint density at radius 3 is 2.24 bits per heavy atom. The van der Waals surface area contributed by atoms with E-state index in [1.54, 1.807) is 12.1 Å². The van der Waals surface area contributed by atoms with Crippen molar-refractivity contribution in [2.24, 2.45) is 0 Å². The number of hydrogen-bond acceptors (Lipinski definition) is 7. The van der Waals surface area contributed by atoms with Gasteiger partial charge in [0.1, 0.15) is 23.1 Å². The third-order valence-electron chi connectivity index (χ3n) is 7.42. The first kappa shape index (κ1) is 38.6. The SMILES string of the molecule is CCCCCS(=O)(=O)NC(=O)C=Cc1ccc(OCCO[Si](C(C)C)(C(C)C)C(C)C)cc1Oc1ncc(C(F)(F)F)cc1Cl. The Morgan fingerprint density at radius 2 is 1.69 bits per heavy atom. The molecule has 0 spiro atoms. The second-order valence-corrected chi connectivity index (χ2v) is 19.4. The molecule has 0 radical (unpaired) electrons. The fourth-order valence-corrected chi connectivity index (χ4v) is 12.1. The number of ether oxygens (including phenoxy) is 2. The van der Waals surface area contributed by atoms with Crippen LogP contribution < -0.4 is 14.2 Å². The minimum Gasteiger partial charge on any atom is -0.491 e. The maximum absolute atomic E-state index is 13.1. The van der Waals surface area contributed by atoms with Gasteiger partial charge in [-0.3, -0.25) is 4.79 Å². The quantitative estimate of drug-likeness (QED) is 0.100. The molecular weight excluding hydrogens is 649 g/mol. The fourth-order valence-electron chi connectivity index (χ4n) is 5.41. The number of pyridine rings is 1. The number of halogens is 4. The Hall–Kier alpha value is -2.61. The Kier molecular flexibility index (Phi) is 14.4. The van der Waals surface area contributed by atoms with Gasteiger partial charge >= 0.3 is 6.18 Å². The van der Waals surface area contributed by atoms with Gasteiger partial charge < -0.3 is 13.9 Å². The number of carbonyl (C=O) groups is 1. The summed E-state index contributed by atoms with van der Waals surface area (Å²) in [5.74, 6) is -0.925. The second kappa shape index (κ2) is 16.8. The third-order valence-corrected chi connectivity index (χ3v) is 15.2. The van der Waals surface area contributed by atoms with Crippen molar-refractivity contribution in [3.63, 3.8) is 0 Å². The molecule has 1 amide bonds. The van der Waals surface area contributed by atoms with Crippen LogP contribution in [0.5, 0.6) is 17.4 Å². The molecule has 0 aliphatic carbocycles. The lowest BCUT2D eigenvalue weighted by Gasteiger charge is -2.42. The van der Waals surface area contributed by atoms with Gasteiger partial charge in [0.2, 0.25) is 15.9 Å². The van der Waals surface area contributed by atoms with E-state index in [0.717, 1.165) is 12.5 Å². The highest BCUT2D eigenvalue weighted by molar-refractivity contribution is 7.90. The molecule has 1 N–H and O–H groups in total. The van der Waals surface area contributed by atoms with E-state index in [9.17, 15) is 26.4 Å². The van der Waals surface area contributed by atoms with E-state index in [0.29, 0.717) is 59.6 Å². The molecule has 0 saturated heterocycles. The molecule has 0 unspecified atom stereocenters. The number of unbranched alkanes of at least 4 members (excludes halogenated alkanes) is 2. The first-order valence-electron chi connectivity index (χ1n) is 15.0. The van der Waals surface area contributed by atoms with E-state index in [-0.39, 0.29) is 29.0 Å². The number of hydrogen-bond donors (Lipinski definition) is 1. The van der Waals surface area contributed by atoms with Crippen molar-refractivity contribution in [1.29, 1.82) is 0 Å². The zero-order valence-corrected chi connectivity index (χ0v) is 29.4. The second-order valence-electron chi connectivity index (χ2n) is 11.7. The number of amides is 1. The number of sulfonamides is 1. The van der Waals surface area contributed by atoms with Crippen LogP contribution in [0.1, 0.15) is 78.9 Å². The fraction of sp³-hybridized carbons (Fsp3) is 0.548. The van der Waals surface area contributed by atoms with Crippen LogP contribution in [0.25, 0.3) is 6.08 Å². The van der Waals surface area contributed by atoms with Gasteiger partial charge in [0.05, 0.1) is 17.9 Å². The molecule has 2 rings (SSSR count). The summed E-state index contributed by atoms with van der Waals surface area (Å²) in [6.45, 7) is 15.6. The molecule has 45 heavy (non-hydrogen) atoms. The summed E-state index contributed by atoms with van der Waals surface area (Å²) in [5, 5.41) is -0.382. The molecule has 2 aromatic rings. The Morgan fingerprint density at radius 1 is 1.04 bits per heavy atom. The standard InChI is InChI=1S/C31H44ClF3N2O6SSi/c1-8-9-10-17-44(39,40)37-29(38)14-12-24-11-13-26(41-15-16-42-45(21(2)3,22(4)5)23(6)7)19-28(24)43-30-27(32)18-25(20-36-30)31(33,34)35/h11-14,18-23H,8-10,15-17H2,1-7H3,(H,37,38). The first-order valence-corrected chi connectivity index (χ1v) is 19.1. The van der Waals surface area contributed by atoms with Gasteiger partial charge in [-0.05, 0) is 47.3 Å². The van der Waals surface area contributed by atoms with Gasteiger partial charge in [0.25, 0.3) is 5.91 Å². The molecule has 0 saturated carbocycles. The number of carbonyl (C=O) groups excluding carboxylic acids is 1. The van der Waals surface area contributed by atoms with Gasteiger partial charge in [-0.25, -0.2) is 18.1 Å². The molecule has 252 valence electrons. The predicted molar refractivity (Wildman–Crippen MR) is 174 cm³/mol. The van der Waals surface area contributed by atoms with Crippen molar-refractivity contribution >= 4 is 41.9 Å². The summed E-state index contributed by atoms with van der Waals surface area (Å²) in [5.41, 5.74) is 0.438. The van der Waals surface area contributed by atoms with Crippen molar-refractivity contribution in [2.45, 2.75) is 90.5 Å². The largest absolute Gasteiger partial charge is 0.491 e. The molecule has 1 heterocycles. The number of alkyl halides is 3. The molecule has 0 fully saturated rings. The van der Waals surface area contributed by atoms with Crippen LogP contribution >= 0.6 is 11.6 Å². The average Bonchev–Trinajstić information content (AvgIpc) is 2.92. The maximum Gasteiger partial charge on any atom is 0.417 e. The zero-order chi connectivity index (χ0) is 34.0. The molecule has 0 aliphatic rings. The van der Waals surface area contributed by atoms with Gasteiger partial charge in [-0.1, -0.05) is 72.9 Å². The molecule has 0 aliphatic heterocycles. The first-order chi connectivity index (χ1) is 20.9. The summed E-state index contributed by atoms with van der Waals surface area (Å²) >= 11 is 6.07. The van der Waals surface area contributed by atoms with Crippen LogP contribution in [-0.4, -0.2) is 46.6 Å². The Balaban J connectivity index is 2.31. The summed E-state index contributed by atoms with van der Waals surface area (Å²) in [4.78, 5) is 16.1. The number of nitrogens with one attached hydrogen (secondary N) is 1. The average molecular weight is 693 g/mol. The lowest BCUT2D eigenvalue weighted by molar-refractivity contribution is -0.137. The van der Waals surface area contributed by atoms with Crippen LogP contribution in [0, 0.1) is 0 Å². The van der Waals surface area contributed by atoms with E-state index in [2.05, 4.69) is 46.5 Å². The lowest BCUT2D eigenvalue weighted by Crippen LogP contribution is -2.48. The van der Waals surface area contributed by atoms with Crippen LogP contribution in [0.4, 0.5) is 13.2 Å². The highest BCUT2D eigenvalue weighted by atomic mass is 35.5. The summed E-state index contributed by atoms with van der Waals surface area (Å²) < 4.78 is 84.0. The highest BCUT2D eigenvalue weighted by Crippen LogP contribution is 2.42. The van der Waals surface area contributed by atoms with E-state index in [1.165, 1.54) is 12.1 Å². The lowest BCUT2D eigenvalue weighted by atomic mass is 10.1. The normalized spacial score (nSPS) is 12.8. The number of nitrogens with zero attached hydrogens (tertiary/aromatic N) is 1. The molecule has 1 aromatic heterocycles. The summed E-state index contributed by atoms with van der Waals surface area (Å²) in [6.07, 6.45) is 0.234.